The van der Waals surface area contributed by atoms with Crippen molar-refractivity contribution in [3.8, 4) is 0 Å². The summed E-state index contributed by atoms with van der Waals surface area (Å²) in [4.78, 5) is 20.9. The molecule has 0 aliphatic heterocycles. The van der Waals surface area contributed by atoms with Gasteiger partial charge in [0.1, 0.15) is 6.61 Å². The van der Waals surface area contributed by atoms with Crippen LogP contribution in [-0.2, 0) is 14.3 Å². The fourth-order valence-electron chi connectivity index (χ4n) is 0.543. The van der Waals surface area contributed by atoms with Gasteiger partial charge < -0.3 is 4.74 Å². The van der Waals surface area contributed by atoms with Crippen LogP contribution in [0.3, 0.4) is 0 Å². The third-order valence-corrected chi connectivity index (χ3v) is 0.910. The van der Waals surface area contributed by atoms with Crippen LogP contribution in [0, 0.1) is 0 Å². The SMILES string of the molecule is CC(=O)/C=C(/C)OCC(C)=O. The lowest BCUT2D eigenvalue weighted by Crippen LogP contribution is -2.02. The number of ketones is 2. The Balaban J connectivity index is 3.77. The zero-order valence-electron chi connectivity index (χ0n) is 7.01. The van der Waals surface area contributed by atoms with Crippen molar-refractivity contribution in [3.05, 3.63) is 11.8 Å². The largest absolute Gasteiger partial charge is 0.490 e. The number of ether oxygens (including phenoxy) is 1. The van der Waals surface area contributed by atoms with Gasteiger partial charge in [-0.2, -0.15) is 0 Å². The molecule has 0 heterocycles. The van der Waals surface area contributed by atoms with Gasteiger partial charge in [0.05, 0.1) is 5.76 Å². The molecule has 0 rings (SSSR count). The van der Waals surface area contributed by atoms with Gasteiger partial charge >= 0.3 is 0 Å². The van der Waals surface area contributed by atoms with E-state index < -0.39 is 0 Å². The minimum absolute atomic E-state index is 0.0373. The van der Waals surface area contributed by atoms with E-state index in [2.05, 4.69) is 0 Å². The number of carbonyl (C=O) groups is 2. The Morgan fingerprint density at radius 2 is 1.82 bits per heavy atom. The number of Topliss-reactive ketones (excluding diaryl/α,β-unsaturated/α-hetero) is 1. The van der Waals surface area contributed by atoms with Crippen LogP contribution in [0.2, 0.25) is 0 Å². The topological polar surface area (TPSA) is 43.4 Å². The highest BCUT2D eigenvalue weighted by atomic mass is 16.5. The molecule has 3 nitrogen and oxygen atoms in total. The van der Waals surface area contributed by atoms with Crippen molar-refractivity contribution in [2.24, 2.45) is 0 Å². The zero-order valence-corrected chi connectivity index (χ0v) is 7.01. The van der Waals surface area contributed by atoms with Crippen molar-refractivity contribution in [1.82, 2.24) is 0 Å². The molecule has 0 unspecified atom stereocenters. The molecule has 62 valence electrons. The lowest BCUT2D eigenvalue weighted by molar-refractivity contribution is -0.120. The number of carbonyl (C=O) groups excluding carboxylic acids is 2. The molecule has 0 aliphatic carbocycles. The Morgan fingerprint density at radius 3 is 2.18 bits per heavy atom. The number of hydrogen-bond donors (Lipinski definition) is 0. The Hall–Kier alpha value is -1.12. The molecule has 0 aliphatic rings. The molecule has 0 saturated carbocycles. The Bertz CT molecular complexity index is 192. The fraction of sp³-hybridized carbons (Fsp3) is 0.500. The molecule has 0 atom stereocenters. The van der Waals surface area contributed by atoms with Crippen LogP contribution in [-0.4, -0.2) is 18.2 Å². The highest BCUT2D eigenvalue weighted by Gasteiger charge is 1.95. The van der Waals surface area contributed by atoms with E-state index in [0.717, 1.165) is 0 Å². The second-order valence-electron chi connectivity index (χ2n) is 2.36. The molecule has 0 spiro atoms. The second-order valence-corrected chi connectivity index (χ2v) is 2.36. The number of rotatable bonds is 4. The smallest absolute Gasteiger partial charge is 0.167 e. The van der Waals surface area contributed by atoms with Crippen LogP contribution < -0.4 is 0 Å². The first kappa shape index (κ1) is 9.88. The van der Waals surface area contributed by atoms with Gasteiger partial charge in [-0.15, -0.1) is 0 Å². The van der Waals surface area contributed by atoms with Crippen LogP contribution >= 0.6 is 0 Å². The van der Waals surface area contributed by atoms with E-state index in [1.807, 2.05) is 0 Å². The first-order valence-corrected chi connectivity index (χ1v) is 3.33. The summed E-state index contributed by atoms with van der Waals surface area (Å²) in [5.41, 5.74) is 0. The van der Waals surface area contributed by atoms with E-state index in [0.29, 0.717) is 5.76 Å². The fourth-order valence-corrected chi connectivity index (χ4v) is 0.543. The number of hydrogen-bond acceptors (Lipinski definition) is 3. The average Bonchev–Trinajstić information content (AvgIpc) is 1.82. The summed E-state index contributed by atoms with van der Waals surface area (Å²) >= 11 is 0. The molecular weight excluding hydrogens is 144 g/mol. The molecule has 11 heavy (non-hydrogen) atoms. The summed E-state index contributed by atoms with van der Waals surface area (Å²) in [5, 5.41) is 0. The molecule has 0 bridgehead atoms. The molecule has 0 fully saturated rings. The minimum atomic E-state index is -0.0777. The molecule has 0 amide bonds. The standard InChI is InChI=1S/C8H12O3/c1-6(9)4-8(3)11-5-7(2)10/h4H,5H2,1-3H3/b8-4-. The van der Waals surface area contributed by atoms with E-state index in [-0.39, 0.29) is 18.2 Å². The van der Waals surface area contributed by atoms with Gasteiger partial charge in [-0.05, 0) is 20.8 Å². The summed E-state index contributed by atoms with van der Waals surface area (Å²) < 4.78 is 4.90. The predicted molar refractivity (Wildman–Crippen MR) is 41.1 cm³/mol. The van der Waals surface area contributed by atoms with Gasteiger partial charge in [0, 0.05) is 6.08 Å². The van der Waals surface area contributed by atoms with Crippen LogP contribution in [0.1, 0.15) is 20.8 Å². The number of allylic oxidation sites excluding steroid dienone is 2. The minimum Gasteiger partial charge on any atom is -0.490 e. The van der Waals surface area contributed by atoms with Crippen molar-refractivity contribution in [1.29, 1.82) is 0 Å². The maximum absolute atomic E-state index is 10.5. The van der Waals surface area contributed by atoms with Crippen LogP contribution in [0.5, 0.6) is 0 Å². The van der Waals surface area contributed by atoms with Crippen molar-refractivity contribution in [2.45, 2.75) is 20.8 Å². The van der Waals surface area contributed by atoms with Crippen LogP contribution in [0.25, 0.3) is 0 Å². The average molecular weight is 156 g/mol. The monoisotopic (exact) mass is 156 g/mol. The predicted octanol–water partition coefficient (Wildman–Crippen LogP) is 1.08. The molecule has 0 aromatic rings. The highest BCUT2D eigenvalue weighted by molar-refractivity contribution is 5.87. The first-order valence-electron chi connectivity index (χ1n) is 3.33. The van der Waals surface area contributed by atoms with E-state index in [1.165, 1.54) is 19.9 Å². The third kappa shape index (κ3) is 6.77. The Morgan fingerprint density at radius 1 is 1.27 bits per heavy atom. The summed E-state index contributed by atoms with van der Waals surface area (Å²) in [6, 6.07) is 0. The van der Waals surface area contributed by atoms with E-state index in [9.17, 15) is 9.59 Å². The van der Waals surface area contributed by atoms with E-state index in [4.69, 9.17) is 4.74 Å². The van der Waals surface area contributed by atoms with Crippen molar-refractivity contribution in [3.63, 3.8) is 0 Å². The Labute approximate surface area is 66.0 Å². The quantitative estimate of drug-likeness (QED) is 0.452. The molecule has 0 radical (unpaired) electrons. The van der Waals surface area contributed by atoms with Crippen LogP contribution in [0.15, 0.2) is 11.8 Å². The molecule has 0 aromatic heterocycles. The van der Waals surface area contributed by atoms with Gasteiger partial charge in [-0.25, -0.2) is 0 Å². The zero-order chi connectivity index (χ0) is 8.85. The van der Waals surface area contributed by atoms with E-state index >= 15 is 0 Å². The van der Waals surface area contributed by atoms with Gasteiger partial charge in [0.25, 0.3) is 0 Å². The van der Waals surface area contributed by atoms with Gasteiger partial charge in [-0.3, -0.25) is 9.59 Å². The van der Waals surface area contributed by atoms with Crippen LogP contribution in [0.4, 0.5) is 0 Å². The third-order valence-electron chi connectivity index (χ3n) is 0.910. The molecule has 0 N–H and O–H groups in total. The summed E-state index contributed by atoms with van der Waals surface area (Å²) in [6.07, 6.45) is 1.35. The lowest BCUT2D eigenvalue weighted by atomic mass is 10.4. The molecule has 0 aromatic carbocycles. The van der Waals surface area contributed by atoms with Crippen molar-refractivity contribution in [2.75, 3.05) is 6.61 Å². The van der Waals surface area contributed by atoms with Gasteiger partial charge in [-0.1, -0.05) is 0 Å². The summed E-state index contributed by atoms with van der Waals surface area (Å²) in [5.74, 6) is 0.347. The molecule has 0 saturated heterocycles. The normalized spacial score (nSPS) is 11.0. The second kappa shape index (κ2) is 4.66. The highest BCUT2D eigenvalue weighted by Crippen LogP contribution is 1.94. The van der Waals surface area contributed by atoms with Gasteiger partial charge in [0.2, 0.25) is 0 Å². The summed E-state index contributed by atoms with van der Waals surface area (Å²) in [7, 11) is 0. The van der Waals surface area contributed by atoms with Crippen molar-refractivity contribution >= 4 is 11.6 Å². The first-order chi connectivity index (χ1) is 5.02. The van der Waals surface area contributed by atoms with E-state index in [1.54, 1.807) is 6.92 Å². The Kier molecular flexibility index (Phi) is 4.18. The molecule has 3 heteroatoms. The van der Waals surface area contributed by atoms with Crippen molar-refractivity contribution < 1.29 is 14.3 Å². The maximum Gasteiger partial charge on any atom is 0.167 e. The maximum atomic E-state index is 10.5. The van der Waals surface area contributed by atoms with Gasteiger partial charge in [0.15, 0.2) is 11.6 Å². The lowest BCUT2D eigenvalue weighted by Gasteiger charge is -2.01. The molecular formula is C8H12O3. The summed E-state index contributed by atoms with van der Waals surface area (Å²) in [6.45, 7) is 4.54.